The molecule has 4 nitrogen and oxygen atoms in total. The summed E-state index contributed by atoms with van der Waals surface area (Å²) in [5, 5.41) is 3.10. The molecule has 3 N–H and O–H groups in total. The molecule has 0 aromatic heterocycles. The lowest BCUT2D eigenvalue weighted by Crippen LogP contribution is -2.38. The molecule has 1 aliphatic carbocycles. The predicted octanol–water partition coefficient (Wildman–Crippen LogP) is 1.11. The van der Waals surface area contributed by atoms with Gasteiger partial charge in [0.25, 0.3) is 6.43 Å². The molecule has 16 heavy (non-hydrogen) atoms. The van der Waals surface area contributed by atoms with Gasteiger partial charge < -0.3 is 15.8 Å². The Balaban J connectivity index is 2.04. The van der Waals surface area contributed by atoms with Crippen LogP contribution in [0.2, 0.25) is 0 Å². The van der Waals surface area contributed by atoms with Crippen LogP contribution >= 0.6 is 0 Å². The van der Waals surface area contributed by atoms with Crippen LogP contribution in [-0.2, 0) is 4.74 Å². The van der Waals surface area contributed by atoms with Gasteiger partial charge in [0.15, 0.2) is 5.96 Å². The third-order valence-electron chi connectivity index (χ3n) is 2.47. The highest BCUT2D eigenvalue weighted by atomic mass is 19.3. The number of rotatable bonds is 6. The van der Waals surface area contributed by atoms with Crippen molar-refractivity contribution in [2.45, 2.75) is 38.2 Å². The SMILES string of the molecule is NC(=NCCOCC(F)F)NC1CCCC1. The van der Waals surface area contributed by atoms with E-state index in [1.54, 1.807) is 0 Å². The van der Waals surface area contributed by atoms with Crippen LogP contribution in [0.5, 0.6) is 0 Å². The fourth-order valence-corrected chi connectivity index (χ4v) is 1.73. The van der Waals surface area contributed by atoms with Crippen LogP contribution < -0.4 is 11.1 Å². The van der Waals surface area contributed by atoms with E-state index in [9.17, 15) is 8.78 Å². The van der Waals surface area contributed by atoms with Crippen LogP contribution in [0, 0.1) is 0 Å². The first-order valence-corrected chi connectivity index (χ1v) is 5.61. The molecule has 6 heteroatoms. The van der Waals surface area contributed by atoms with Crippen molar-refractivity contribution in [2.75, 3.05) is 19.8 Å². The Morgan fingerprint density at radius 1 is 1.44 bits per heavy atom. The Morgan fingerprint density at radius 3 is 2.75 bits per heavy atom. The van der Waals surface area contributed by atoms with Gasteiger partial charge in [0.05, 0.1) is 13.2 Å². The standard InChI is InChI=1S/C10H19F2N3O/c11-9(12)7-16-6-5-14-10(13)15-8-3-1-2-4-8/h8-9H,1-7H2,(H3,13,14,15). The summed E-state index contributed by atoms with van der Waals surface area (Å²) in [6, 6.07) is 0.422. The molecule has 1 aliphatic rings. The summed E-state index contributed by atoms with van der Waals surface area (Å²) in [7, 11) is 0. The first-order valence-electron chi connectivity index (χ1n) is 5.61. The number of guanidine groups is 1. The molecule has 0 bridgehead atoms. The molecular weight excluding hydrogens is 216 g/mol. The maximum absolute atomic E-state index is 11.7. The molecule has 94 valence electrons. The summed E-state index contributed by atoms with van der Waals surface area (Å²) in [5.74, 6) is 0.382. The molecule has 0 spiro atoms. The highest BCUT2D eigenvalue weighted by Gasteiger charge is 2.14. The summed E-state index contributed by atoms with van der Waals surface area (Å²) in [6.45, 7) is -0.0405. The number of alkyl halides is 2. The maximum Gasteiger partial charge on any atom is 0.261 e. The van der Waals surface area contributed by atoms with Gasteiger partial charge >= 0.3 is 0 Å². The van der Waals surface area contributed by atoms with E-state index >= 15 is 0 Å². The number of ether oxygens (including phenoxy) is 1. The Kier molecular flexibility index (Phi) is 6.07. The van der Waals surface area contributed by atoms with Crippen LogP contribution in [0.3, 0.4) is 0 Å². The van der Waals surface area contributed by atoms with E-state index < -0.39 is 13.0 Å². The summed E-state index contributed by atoms with van der Waals surface area (Å²) in [6.07, 6.45) is 2.28. The number of halogens is 2. The first-order chi connectivity index (χ1) is 7.68. The van der Waals surface area contributed by atoms with Crippen molar-refractivity contribution in [3.05, 3.63) is 0 Å². The second-order valence-corrected chi connectivity index (χ2v) is 3.86. The zero-order chi connectivity index (χ0) is 11.8. The van der Waals surface area contributed by atoms with E-state index in [0.29, 0.717) is 18.5 Å². The lowest BCUT2D eigenvalue weighted by atomic mass is 10.2. The number of nitrogens with two attached hydrogens (primary N) is 1. The van der Waals surface area contributed by atoms with Gasteiger partial charge in [0.1, 0.15) is 6.61 Å². The van der Waals surface area contributed by atoms with Crippen molar-refractivity contribution in [2.24, 2.45) is 10.7 Å². The summed E-state index contributed by atoms with van der Waals surface area (Å²) < 4.78 is 28.1. The van der Waals surface area contributed by atoms with Crippen LogP contribution in [0.4, 0.5) is 8.78 Å². The van der Waals surface area contributed by atoms with Crippen molar-refractivity contribution < 1.29 is 13.5 Å². The van der Waals surface area contributed by atoms with Crippen molar-refractivity contribution in [1.82, 2.24) is 5.32 Å². The molecule has 1 saturated carbocycles. The third kappa shape index (κ3) is 5.85. The summed E-state index contributed by atoms with van der Waals surface area (Å²) in [4.78, 5) is 4.00. The van der Waals surface area contributed by atoms with Gasteiger partial charge in [-0.15, -0.1) is 0 Å². The summed E-state index contributed by atoms with van der Waals surface area (Å²) >= 11 is 0. The predicted molar refractivity (Wildman–Crippen MR) is 58.7 cm³/mol. The molecule has 0 atom stereocenters. The molecule has 0 amide bonds. The molecule has 0 aliphatic heterocycles. The Bertz CT molecular complexity index is 218. The average Bonchev–Trinajstić information content (AvgIpc) is 2.69. The van der Waals surface area contributed by atoms with Gasteiger partial charge in [0, 0.05) is 6.04 Å². The lowest BCUT2D eigenvalue weighted by molar-refractivity contribution is 0.0207. The number of nitrogens with zero attached hydrogens (tertiary/aromatic N) is 1. The molecule has 0 saturated heterocycles. The topological polar surface area (TPSA) is 59.6 Å². The van der Waals surface area contributed by atoms with Gasteiger partial charge in [0.2, 0.25) is 0 Å². The van der Waals surface area contributed by atoms with E-state index in [4.69, 9.17) is 5.73 Å². The highest BCUT2D eigenvalue weighted by molar-refractivity contribution is 5.78. The van der Waals surface area contributed by atoms with E-state index in [1.807, 2.05) is 0 Å². The molecule has 0 aromatic carbocycles. The van der Waals surface area contributed by atoms with Gasteiger partial charge in [-0.25, -0.2) is 8.78 Å². The van der Waals surface area contributed by atoms with Crippen molar-refractivity contribution in [3.63, 3.8) is 0 Å². The van der Waals surface area contributed by atoms with E-state index in [2.05, 4.69) is 15.0 Å². The molecular formula is C10H19F2N3O. The smallest absolute Gasteiger partial charge is 0.261 e. The van der Waals surface area contributed by atoms with E-state index in [1.165, 1.54) is 12.8 Å². The van der Waals surface area contributed by atoms with Crippen LogP contribution in [-0.4, -0.2) is 38.2 Å². The average molecular weight is 235 g/mol. The van der Waals surface area contributed by atoms with Crippen LogP contribution in [0.1, 0.15) is 25.7 Å². The highest BCUT2D eigenvalue weighted by Crippen LogP contribution is 2.17. The summed E-state index contributed by atoms with van der Waals surface area (Å²) in [5.41, 5.74) is 5.63. The van der Waals surface area contributed by atoms with Gasteiger partial charge in [-0.2, -0.15) is 0 Å². The largest absolute Gasteiger partial charge is 0.374 e. The van der Waals surface area contributed by atoms with Gasteiger partial charge in [-0.3, -0.25) is 4.99 Å². The van der Waals surface area contributed by atoms with E-state index in [0.717, 1.165) is 12.8 Å². The lowest BCUT2D eigenvalue weighted by Gasteiger charge is -2.12. The van der Waals surface area contributed by atoms with Crippen molar-refractivity contribution >= 4 is 5.96 Å². The zero-order valence-corrected chi connectivity index (χ0v) is 9.29. The Morgan fingerprint density at radius 2 is 2.12 bits per heavy atom. The second-order valence-electron chi connectivity index (χ2n) is 3.86. The number of aliphatic imine (C=N–C) groups is 1. The molecule has 1 fully saturated rings. The molecule has 0 heterocycles. The number of hydrogen-bond donors (Lipinski definition) is 2. The quantitative estimate of drug-likeness (QED) is 0.412. The Labute approximate surface area is 94.2 Å². The van der Waals surface area contributed by atoms with E-state index in [-0.39, 0.29) is 6.61 Å². The minimum Gasteiger partial charge on any atom is -0.374 e. The molecule has 0 aromatic rings. The zero-order valence-electron chi connectivity index (χ0n) is 9.29. The minimum atomic E-state index is -2.42. The molecule has 1 rings (SSSR count). The van der Waals surface area contributed by atoms with Gasteiger partial charge in [-0.1, -0.05) is 12.8 Å². The number of hydrogen-bond acceptors (Lipinski definition) is 2. The van der Waals surface area contributed by atoms with Crippen molar-refractivity contribution in [3.8, 4) is 0 Å². The van der Waals surface area contributed by atoms with Gasteiger partial charge in [-0.05, 0) is 12.8 Å². The third-order valence-corrected chi connectivity index (χ3v) is 2.47. The fraction of sp³-hybridized carbons (Fsp3) is 0.900. The maximum atomic E-state index is 11.7. The fourth-order valence-electron chi connectivity index (χ4n) is 1.73. The Hall–Kier alpha value is -0.910. The molecule has 0 radical (unpaired) electrons. The van der Waals surface area contributed by atoms with Crippen LogP contribution in [0.25, 0.3) is 0 Å². The van der Waals surface area contributed by atoms with Crippen LogP contribution in [0.15, 0.2) is 4.99 Å². The molecule has 0 unspecified atom stereocenters. The second kappa shape index (κ2) is 7.38. The number of nitrogens with one attached hydrogen (secondary N) is 1. The van der Waals surface area contributed by atoms with Crippen molar-refractivity contribution in [1.29, 1.82) is 0 Å². The monoisotopic (exact) mass is 235 g/mol. The minimum absolute atomic E-state index is 0.178. The normalized spacial score (nSPS) is 18.3. The first kappa shape index (κ1) is 13.2.